The molecule has 2 aliphatic carbocycles. The van der Waals surface area contributed by atoms with Crippen LogP contribution in [0.15, 0.2) is 11.6 Å². The van der Waals surface area contributed by atoms with Crippen molar-refractivity contribution in [3.63, 3.8) is 0 Å². The number of nitrogens with zero attached hydrogens (tertiary/aromatic N) is 2. The van der Waals surface area contributed by atoms with E-state index >= 15 is 0 Å². The predicted octanol–water partition coefficient (Wildman–Crippen LogP) is 5.85. The van der Waals surface area contributed by atoms with Gasteiger partial charge in [-0.3, -0.25) is 0 Å². The quantitative estimate of drug-likeness (QED) is 0.588. The molecule has 1 saturated heterocycles. The van der Waals surface area contributed by atoms with Crippen LogP contribution in [0, 0.1) is 17.8 Å². The van der Waals surface area contributed by atoms with Gasteiger partial charge in [0.1, 0.15) is 0 Å². The fraction of sp³-hybridized carbons (Fsp3) is 0.909. The van der Waals surface area contributed by atoms with Crippen LogP contribution in [-0.4, -0.2) is 36.9 Å². The maximum absolute atomic E-state index is 6.78. The number of fused-ring (bicyclic) bond motifs is 1. The number of ether oxygens (including phenoxy) is 1. The maximum Gasteiger partial charge on any atom is 0.0692 e. The van der Waals surface area contributed by atoms with Crippen molar-refractivity contribution >= 4 is 0 Å². The summed E-state index contributed by atoms with van der Waals surface area (Å²) in [5.41, 5.74) is 1.61. The van der Waals surface area contributed by atoms with Crippen molar-refractivity contribution in [2.24, 2.45) is 17.8 Å². The van der Waals surface area contributed by atoms with E-state index in [9.17, 15) is 0 Å². The molecule has 0 amide bonds. The van der Waals surface area contributed by atoms with E-state index < -0.39 is 0 Å². The molecule has 25 heavy (non-hydrogen) atoms. The minimum Gasteiger partial charge on any atom is -0.659 e. The lowest BCUT2D eigenvalue weighted by molar-refractivity contribution is -0.113. The molecule has 1 aliphatic heterocycles. The Morgan fingerprint density at radius 1 is 1.08 bits per heavy atom. The summed E-state index contributed by atoms with van der Waals surface area (Å²) in [6.07, 6.45) is 10.1. The van der Waals surface area contributed by atoms with Crippen LogP contribution in [0.4, 0.5) is 0 Å². The summed E-state index contributed by atoms with van der Waals surface area (Å²) in [5, 5.41) is 9.45. The minimum absolute atomic E-state index is 0.0151. The normalized spacial score (nSPS) is 45.2. The van der Waals surface area contributed by atoms with Gasteiger partial charge < -0.3 is 15.4 Å². The van der Waals surface area contributed by atoms with E-state index in [2.05, 4.69) is 46.0 Å². The average Bonchev–Trinajstić information content (AvgIpc) is 2.99. The van der Waals surface area contributed by atoms with E-state index in [0.29, 0.717) is 17.8 Å². The Hall–Kier alpha value is -0.380. The molecule has 0 aromatic heterocycles. The van der Waals surface area contributed by atoms with Crippen LogP contribution in [0.3, 0.4) is 0 Å². The Balaban J connectivity index is 1.86. The molecule has 3 rings (SSSR count). The largest absolute Gasteiger partial charge is 0.659 e. The standard InChI is InChI=1S/C22H38N2O/c1-15-8-9-17-16(14-15)18(10-12-21(17,4)24-7)22(5)13-11-19(25-22)20(2,3)23-6/h14,16-19H,8-13H2,1-7H3/q-2. The summed E-state index contributed by atoms with van der Waals surface area (Å²) in [6.45, 7) is 11.5. The van der Waals surface area contributed by atoms with Crippen LogP contribution in [0.25, 0.3) is 10.6 Å². The topological polar surface area (TPSA) is 37.4 Å². The van der Waals surface area contributed by atoms with Gasteiger partial charge in [-0.25, -0.2) is 0 Å². The van der Waals surface area contributed by atoms with Crippen molar-refractivity contribution in [2.45, 2.75) is 95.9 Å². The first-order valence-corrected chi connectivity index (χ1v) is 10.2. The zero-order valence-corrected chi connectivity index (χ0v) is 17.4. The number of rotatable bonds is 4. The van der Waals surface area contributed by atoms with E-state index in [1.807, 2.05) is 14.1 Å². The van der Waals surface area contributed by atoms with E-state index in [4.69, 9.17) is 10.1 Å². The molecule has 0 radical (unpaired) electrons. The van der Waals surface area contributed by atoms with Crippen molar-refractivity contribution in [3.05, 3.63) is 22.3 Å². The van der Waals surface area contributed by atoms with Crippen molar-refractivity contribution < 1.29 is 4.74 Å². The number of hydrogen-bond acceptors (Lipinski definition) is 1. The highest BCUT2D eigenvalue weighted by atomic mass is 16.5. The highest BCUT2D eigenvalue weighted by Gasteiger charge is 2.52. The third kappa shape index (κ3) is 3.33. The van der Waals surface area contributed by atoms with Crippen molar-refractivity contribution in [1.82, 2.24) is 0 Å². The lowest BCUT2D eigenvalue weighted by atomic mass is 9.56. The number of hydrogen-bond donors (Lipinski definition) is 0. The van der Waals surface area contributed by atoms with Crippen LogP contribution in [-0.2, 0) is 4.74 Å². The molecule has 6 atom stereocenters. The molecule has 3 aliphatic rings. The molecule has 2 fully saturated rings. The van der Waals surface area contributed by atoms with Crippen LogP contribution in [0.2, 0.25) is 0 Å². The highest BCUT2D eigenvalue weighted by molar-refractivity contribution is 5.21. The van der Waals surface area contributed by atoms with Crippen molar-refractivity contribution in [2.75, 3.05) is 14.1 Å². The van der Waals surface area contributed by atoms with Gasteiger partial charge in [0.2, 0.25) is 0 Å². The minimum atomic E-state index is -0.0859. The Bertz CT molecular complexity index is 528. The van der Waals surface area contributed by atoms with Gasteiger partial charge in [-0.15, -0.1) is 11.1 Å². The van der Waals surface area contributed by atoms with Crippen LogP contribution >= 0.6 is 0 Å². The van der Waals surface area contributed by atoms with E-state index in [1.165, 1.54) is 25.7 Å². The third-order valence-corrected chi connectivity index (χ3v) is 7.99. The summed E-state index contributed by atoms with van der Waals surface area (Å²) in [4.78, 5) is 0. The second kappa shape index (κ2) is 6.65. The smallest absolute Gasteiger partial charge is 0.0692 e. The highest BCUT2D eigenvalue weighted by Crippen LogP contribution is 2.56. The lowest BCUT2D eigenvalue weighted by Crippen LogP contribution is -2.53. The molecule has 6 unspecified atom stereocenters. The molecule has 0 bridgehead atoms. The Morgan fingerprint density at radius 3 is 2.44 bits per heavy atom. The van der Waals surface area contributed by atoms with Gasteiger partial charge in [-0.2, -0.15) is 14.1 Å². The Kier molecular flexibility index (Phi) is 5.16. The lowest BCUT2D eigenvalue weighted by Gasteiger charge is -2.60. The molecule has 0 spiro atoms. The van der Waals surface area contributed by atoms with Crippen LogP contribution < -0.4 is 0 Å². The summed E-state index contributed by atoms with van der Waals surface area (Å²) in [6, 6.07) is 0. The second-order valence-corrected chi connectivity index (χ2v) is 9.80. The zero-order valence-electron chi connectivity index (χ0n) is 17.4. The van der Waals surface area contributed by atoms with Gasteiger partial charge in [0.25, 0.3) is 0 Å². The monoisotopic (exact) mass is 346 g/mol. The maximum atomic E-state index is 6.78. The molecule has 3 heteroatoms. The molecule has 0 N–H and O–H groups in total. The van der Waals surface area contributed by atoms with E-state index in [-0.39, 0.29) is 22.8 Å². The summed E-state index contributed by atoms with van der Waals surface area (Å²) < 4.78 is 6.78. The molecule has 0 aromatic carbocycles. The fourth-order valence-corrected chi connectivity index (χ4v) is 5.82. The zero-order chi connectivity index (χ0) is 18.5. The molecule has 0 aromatic rings. The Morgan fingerprint density at radius 2 is 1.80 bits per heavy atom. The van der Waals surface area contributed by atoms with Crippen molar-refractivity contribution in [3.8, 4) is 0 Å². The van der Waals surface area contributed by atoms with Crippen LogP contribution in [0.5, 0.6) is 0 Å². The van der Waals surface area contributed by atoms with Gasteiger partial charge in [0.15, 0.2) is 0 Å². The van der Waals surface area contributed by atoms with E-state index in [1.54, 1.807) is 5.57 Å². The SMILES string of the molecule is C[N-]C(C)(C)C1CCC(C)(C2CCC(C)([N-]C)C3CCC(C)=CC32)O1. The fourth-order valence-electron chi connectivity index (χ4n) is 5.82. The van der Waals surface area contributed by atoms with Gasteiger partial charge in [-0.05, 0) is 63.7 Å². The van der Waals surface area contributed by atoms with Gasteiger partial charge in [-0.1, -0.05) is 38.8 Å². The average molecular weight is 347 g/mol. The van der Waals surface area contributed by atoms with Gasteiger partial charge >= 0.3 is 0 Å². The third-order valence-electron chi connectivity index (χ3n) is 7.99. The van der Waals surface area contributed by atoms with Crippen LogP contribution in [0.1, 0.15) is 73.1 Å². The predicted molar refractivity (Wildman–Crippen MR) is 106 cm³/mol. The summed E-state index contributed by atoms with van der Waals surface area (Å²) >= 11 is 0. The Labute approximate surface area is 155 Å². The van der Waals surface area contributed by atoms with Gasteiger partial charge in [0, 0.05) is 6.10 Å². The molecule has 3 nitrogen and oxygen atoms in total. The summed E-state index contributed by atoms with van der Waals surface area (Å²) in [5.74, 6) is 1.89. The first-order chi connectivity index (χ1) is 11.6. The molecule has 144 valence electrons. The first-order valence-electron chi connectivity index (χ1n) is 10.2. The number of allylic oxidation sites excluding steroid dienone is 2. The molecule has 1 saturated carbocycles. The summed E-state index contributed by atoms with van der Waals surface area (Å²) in [7, 11) is 3.95. The second-order valence-electron chi connectivity index (χ2n) is 9.80. The van der Waals surface area contributed by atoms with Crippen molar-refractivity contribution in [1.29, 1.82) is 0 Å². The van der Waals surface area contributed by atoms with Gasteiger partial charge in [0.05, 0.1) is 5.60 Å². The number of likely N-dealkylation sites (N-methyl/N-ethyl adjacent to an activating group) is 1. The molecular formula is C22H38N2O-2. The molecule has 1 heterocycles. The van der Waals surface area contributed by atoms with E-state index in [0.717, 1.165) is 12.8 Å². The first kappa shape index (κ1) is 19.4. The molecular weight excluding hydrogens is 308 g/mol.